The Bertz CT molecular complexity index is 3850. The second-order valence-electron chi connectivity index (χ2n) is 24.2. The molecular weight excluding hydrogens is 1440 g/mol. The van der Waals surface area contributed by atoms with Crippen LogP contribution in [0.2, 0.25) is 0 Å². The molecule has 3 aliphatic rings. The van der Waals surface area contributed by atoms with Crippen LogP contribution in [0.25, 0.3) is 0 Å². The molecule has 102 heavy (non-hydrogen) atoms. The largest absolute Gasteiger partial charge is 1.00 e. The van der Waals surface area contributed by atoms with Crippen LogP contribution in [0, 0.1) is 65.6 Å². The number of nitrogens with two attached hydrogens (primary N) is 2. The zero-order valence-corrected chi connectivity index (χ0v) is 66.1. The first-order valence-corrected chi connectivity index (χ1v) is 39.8. The predicted molar refractivity (Wildman–Crippen MR) is 396 cm³/mol. The number of aliphatic hydroxyl groups excluding tert-OH is 4. The molecule has 0 aromatic heterocycles. The van der Waals surface area contributed by atoms with E-state index in [4.69, 9.17) is 49.9 Å². The molecule has 1 radical (unpaired) electrons. The number of nitrogen functional groups attached to an aromatic ring is 1. The van der Waals surface area contributed by atoms with Gasteiger partial charge < -0.3 is 37.0 Å². The summed E-state index contributed by atoms with van der Waals surface area (Å²) in [5, 5.41) is 101. The van der Waals surface area contributed by atoms with E-state index in [1.807, 2.05) is 24.6 Å². The molecule has 0 heterocycles. The number of nitriles is 4. The first-order valence-electron chi connectivity index (χ1n) is 32.3. The van der Waals surface area contributed by atoms with Crippen LogP contribution in [0.15, 0.2) is 121 Å². The van der Waals surface area contributed by atoms with E-state index in [2.05, 4.69) is 9.44 Å². The summed E-state index contributed by atoms with van der Waals surface area (Å²) in [4.78, 5) is 29.6. The number of hydrogen-bond donors (Lipinski definition) is 8. The fourth-order valence-electron chi connectivity index (χ4n) is 9.47. The summed E-state index contributed by atoms with van der Waals surface area (Å²) in [6.07, 6.45) is 15.4. The number of nitro groups is 2. The van der Waals surface area contributed by atoms with E-state index in [9.17, 15) is 75.8 Å². The molecular formula is C69H96BClKN10O16S4. The average molecular weight is 1540 g/mol. The van der Waals surface area contributed by atoms with Gasteiger partial charge in [-0.3, -0.25) is 34.5 Å². The number of sulfonamides is 2. The second kappa shape index (κ2) is 53.6. The topological polar surface area (TPSA) is 481 Å². The number of nitro benzene ring substituents is 2. The Morgan fingerprint density at radius 3 is 1.21 bits per heavy atom. The maximum absolute atomic E-state index is 12.4. The molecule has 553 valence electrons. The molecule has 3 aliphatic carbocycles. The van der Waals surface area contributed by atoms with Crippen molar-refractivity contribution in [3.8, 4) is 24.3 Å². The van der Waals surface area contributed by atoms with Crippen LogP contribution in [-0.2, 0) is 29.1 Å². The molecule has 0 aliphatic heterocycles. The molecule has 0 bridgehead atoms. The minimum absolute atomic E-state index is 0. The number of halogens is 1. The summed E-state index contributed by atoms with van der Waals surface area (Å²) in [6.45, 7) is 11.9. The Balaban J connectivity index is 0. The van der Waals surface area contributed by atoms with E-state index in [0.717, 1.165) is 83.5 Å². The Kier molecular flexibility index (Phi) is 51.5. The van der Waals surface area contributed by atoms with Gasteiger partial charge in [0.25, 0.3) is 11.4 Å². The number of carbonyl (C=O) groups excluding carboxylic acids is 1. The minimum Gasteiger partial charge on any atom is 1.00 e. The molecule has 4 unspecified atom stereocenters. The van der Waals surface area contributed by atoms with Gasteiger partial charge >= 0.3 is 80.9 Å². The molecule has 4 atom stereocenters. The smallest absolute Gasteiger partial charge is 1.00 e. The van der Waals surface area contributed by atoms with Crippen LogP contribution in [0.4, 0.5) is 28.4 Å². The molecule has 5 aromatic carbocycles. The van der Waals surface area contributed by atoms with Crippen molar-refractivity contribution in [2.45, 2.75) is 195 Å². The fourth-order valence-corrected chi connectivity index (χ4v) is 14.1. The summed E-state index contributed by atoms with van der Waals surface area (Å²) in [5.74, 6) is 0. The number of hydrogen-bond acceptors (Lipinski definition) is 22. The quantitative estimate of drug-likeness (QED) is 0.00953. The molecule has 33 heteroatoms. The SMILES string of the molecule is CC#N.CC(C)(C)[O-].N#CCC(O)c1cccc(N)c1.N#CCC(O)c1cccc(NS(=O)(=O)C2CCCCC2)c1.N#CCC(O)c1cccc([N+](=O)[O-])c1.NCCC(O)c1cccc(NS(=O)(=O)C2CCCCC2)c1.O=Cc1cccc([N+](=O)[O-])c1.O=S(=O)(Cl)C1CCCCC1.[B]=S(C)C.[K+]. The molecule has 3 fully saturated rings. The molecule has 8 rings (SSSR count). The van der Waals surface area contributed by atoms with E-state index in [1.165, 1.54) is 49.4 Å². The number of aldehydes is 1. The maximum atomic E-state index is 12.4. The van der Waals surface area contributed by atoms with Crippen LogP contribution < -0.4 is 77.4 Å². The average Bonchev–Trinajstić information content (AvgIpc) is 0.832. The third kappa shape index (κ3) is 45.2. The van der Waals surface area contributed by atoms with Crippen molar-refractivity contribution in [2.75, 3.05) is 34.2 Å². The zero-order chi connectivity index (χ0) is 76.8. The Morgan fingerprint density at radius 2 is 0.892 bits per heavy atom. The summed E-state index contributed by atoms with van der Waals surface area (Å²) in [7, 11) is -4.67. The third-order valence-corrected chi connectivity index (χ3v) is 20.0. The normalized spacial score (nSPS) is 14.7. The van der Waals surface area contributed by atoms with Crippen LogP contribution >= 0.6 is 21.0 Å². The van der Waals surface area contributed by atoms with Gasteiger partial charge in [-0.05, 0) is 110 Å². The first kappa shape index (κ1) is 97.9. The summed E-state index contributed by atoms with van der Waals surface area (Å²) < 4.78 is 76.2. The Morgan fingerprint density at radius 1 is 0.588 bits per heavy atom. The van der Waals surface area contributed by atoms with Crippen molar-refractivity contribution in [2.24, 2.45) is 5.73 Å². The Labute approximate surface area is 652 Å². The van der Waals surface area contributed by atoms with Gasteiger partial charge in [-0.2, -0.15) is 21.0 Å². The third-order valence-electron chi connectivity index (χ3n) is 14.3. The number of rotatable bonds is 19. The molecule has 0 saturated heterocycles. The molecule has 26 nitrogen and oxygen atoms in total. The monoisotopic (exact) mass is 1530 g/mol. The zero-order valence-electron chi connectivity index (χ0n) is 58.9. The van der Waals surface area contributed by atoms with Crippen LogP contribution in [-0.4, -0.2) is 109 Å². The van der Waals surface area contributed by atoms with Crippen molar-refractivity contribution in [1.82, 2.24) is 0 Å². The van der Waals surface area contributed by atoms with E-state index < -0.39 is 69.0 Å². The van der Waals surface area contributed by atoms with Crippen molar-refractivity contribution in [3.05, 3.63) is 169 Å². The van der Waals surface area contributed by atoms with E-state index in [-0.39, 0.29) is 108 Å². The number of non-ortho nitro benzene ring substituents is 2. The van der Waals surface area contributed by atoms with Crippen molar-refractivity contribution < 1.29 is 117 Å². The number of nitrogens with one attached hydrogen (secondary N) is 2. The first-order chi connectivity index (χ1) is 47.4. The summed E-state index contributed by atoms with van der Waals surface area (Å²) >= 11 is 0. The van der Waals surface area contributed by atoms with Gasteiger partial charge in [-0.25, -0.2) is 25.3 Å². The van der Waals surface area contributed by atoms with Gasteiger partial charge in [-0.15, -0.1) is 5.60 Å². The standard InChI is InChI=1S/C15H24N2O3S.C15H20N2O3S.C9H8N2O3.C9H10N2O.C7H5NO3.C6H11ClO2S.C4H9O.C2H6BS.C2H3N.K/c2*16-10-9-15(18)12-5-4-6-13(11-12)17-21(19,20)14-7-2-1-3-8-14;10-5-4-9(12)7-2-1-3-8(6-7)11(13)14;10-5-4-9(12)7-2-1-3-8(11)6-7;9-5-6-2-1-3-7(4-6)8(10)11;7-10(8,9)6-4-2-1-3-5-6;1-4(2,3)5;1-4(2)3;1-2-3;/h4-6,11,14-15,17-18H,1-3,7-10,16H2;4-6,11,14-15,17-18H,1-3,7-9H2;1-3,6,9,12H,4H2;1-3,6,9,12H,4,11H2;1-5H;6H,1-5H2;1-3H3;1-2H3;1H3;/q;;;;;;-1;;;+1. The van der Waals surface area contributed by atoms with Crippen LogP contribution in [0.5, 0.6) is 0 Å². The van der Waals surface area contributed by atoms with Crippen molar-refractivity contribution >= 4 is 91.5 Å². The van der Waals surface area contributed by atoms with Gasteiger partial charge in [-0.1, -0.05) is 139 Å². The Hall–Kier alpha value is -6.12. The van der Waals surface area contributed by atoms with Gasteiger partial charge in [0, 0.05) is 64.5 Å². The van der Waals surface area contributed by atoms with Crippen molar-refractivity contribution in [3.63, 3.8) is 0 Å². The fraction of sp³-hybridized carbons (Fsp3) is 0.493. The van der Waals surface area contributed by atoms with E-state index >= 15 is 0 Å². The number of nitrogens with zero attached hydrogens (tertiary/aromatic N) is 6. The molecule has 10 N–H and O–H groups in total. The minimum atomic E-state index is -3.39. The van der Waals surface area contributed by atoms with E-state index in [1.54, 1.807) is 112 Å². The number of aliphatic hydroxyl groups is 4. The second-order valence-corrected chi connectivity index (χ2v) is 32.8. The van der Waals surface area contributed by atoms with E-state index in [0.29, 0.717) is 77.0 Å². The van der Waals surface area contributed by atoms with Crippen molar-refractivity contribution in [1.29, 1.82) is 21.0 Å². The number of carbonyl (C=O) groups is 1. The predicted octanol–water partition coefficient (Wildman–Crippen LogP) is 9.18. The molecule has 3 saturated carbocycles. The number of anilines is 3. The maximum Gasteiger partial charge on any atom is 1.00 e. The summed E-state index contributed by atoms with van der Waals surface area (Å²) in [6, 6.07) is 38.9. The van der Waals surface area contributed by atoms with Gasteiger partial charge in [0.15, 0.2) is 0 Å². The van der Waals surface area contributed by atoms with Crippen LogP contribution in [0.1, 0.15) is 207 Å². The molecule has 5 aromatic rings. The van der Waals surface area contributed by atoms with Crippen LogP contribution in [0.3, 0.4) is 0 Å². The molecule has 0 spiro atoms. The van der Waals surface area contributed by atoms with Gasteiger partial charge in [0.05, 0.1) is 93.6 Å². The summed E-state index contributed by atoms with van der Waals surface area (Å²) in [5.41, 5.74) is 14.2. The number of benzene rings is 5. The molecule has 0 amide bonds. The van der Waals surface area contributed by atoms with Gasteiger partial charge in [0.2, 0.25) is 29.1 Å². The van der Waals surface area contributed by atoms with Gasteiger partial charge in [0.1, 0.15) is 6.29 Å².